The van der Waals surface area contributed by atoms with Gasteiger partial charge < -0.3 is 10.4 Å². The van der Waals surface area contributed by atoms with E-state index < -0.39 is 0 Å². The lowest BCUT2D eigenvalue weighted by Crippen LogP contribution is -1.97. The lowest BCUT2D eigenvalue weighted by Gasteiger charge is -2.03. The molecule has 2 rings (SSSR count). The molecule has 0 fully saturated rings. The van der Waals surface area contributed by atoms with E-state index in [9.17, 15) is 0 Å². The second kappa shape index (κ2) is 4.51. The van der Waals surface area contributed by atoms with Gasteiger partial charge in [0.25, 0.3) is 0 Å². The van der Waals surface area contributed by atoms with Crippen LogP contribution in [0.5, 0.6) is 5.75 Å². The molecule has 0 aliphatic rings. The third-order valence-corrected chi connectivity index (χ3v) is 2.95. The quantitative estimate of drug-likeness (QED) is 0.811. The van der Waals surface area contributed by atoms with Gasteiger partial charge in [-0.3, -0.25) is 0 Å². The SMILES string of the molecule is Oc1ccc(NCc2ncc(Cl)s2)cc1. The topological polar surface area (TPSA) is 45.1 Å². The Morgan fingerprint density at radius 1 is 1.33 bits per heavy atom. The molecule has 5 heteroatoms. The van der Waals surface area contributed by atoms with Crippen LogP contribution in [0.4, 0.5) is 5.69 Å². The van der Waals surface area contributed by atoms with Crippen molar-refractivity contribution in [2.75, 3.05) is 5.32 Å². The summed E-state index contributed by atoms with van der Waals surface area (Å²) in [5.74, 6) is 0.262. The maximum absolute atomic E-state index is 9.09. The number of hydrogen-bond acceptors (Lipinski definition) is 4. The van der Waals surface area contributed by atoms with E-state index in [-0.39, 0.29) is 5.75 Å². The number of rotatable bonds is 3. The fourth-order valence-electron chi connectivity index (χ4n) is 1.13. The number of hydrogen-bond donors (Lipinski definition) is 2. The maximum Gasteiger partial charge on any atom is 0.115 e. The molecule has 0 saturated carbocycles. The van der Waals surface area contributed by atoms with E-state index in [0.717, 1.165) is 10.7 Å². The first-order chi connectivity index (χ1) is 7.24. The van der Waals surface area contributed by atoms with E-state index in [1.165, 1.54) is 11.3 Å². The molecule has 2 N–H and O–H groups in total. The van der Waals surface area contributed by atoms with Gasteiger partial charge in [0.2, 0.25) is 0 Å². The molecule has 0 saturated heterocycles. The Bertz CT molecular complexity index is 441. The lowest BCUT2D eigenvalue weighted by atomic mass is 10.3. The van der Waals surface area contributed by atoms with Crippen molar-refractivity contribution in [3.8, 4) is 5.75 Å². The molecular formula is C10H9ClN2OS. The molecule has 0 atom stereocenters. The van der Waals surface area contributed by atoms with E-state index >= 15 is 0 Å². The highest BCUT2D eigenvalue weighted by Gasteiger charge is 1.99. The van der Waals surface area contributed by atoms with Gasteiger partial charge in [0.15, 0.2) is 0 Å². The Labute approximate surface area is 96.4 Å². The molecule has 0 radical (unpaired) electrons. The molecule has 0 aliphatic carbocycles. The highest BCUT2D eigenvalue weighted by molar-refractivity contribution is 7.15. The second-order valence-electron chi connectivity index (χ2n) is 2.96. The van der Waals surface area contributed by atoms with Crippen molar-refractivity contribution in [1.29, 1.82) is 0 Å². The second-order valence-corrected chi connectivity index (χ2v) is 4.71. The summed E-state index contributed by atoms with van der Waals surface area (Å²) in [5.41, 5.74) is 0.944. The number of phenolic OH excluding ortho intramolecular Hbond substituents is 1. The fraction of sp³-hybridized carbons (Fsp3) is 0.100. The van der Waals surface area contributed by atoms with Crippen molar-refractivity contribution in [3.63, 3.8) is 0 Å². The molecule has 78 valence electrons. The van der Waals surface area contributed by atoms with E-state index in [0.29, 0.717) is 10.9 Å². The van der Waals surface area contributed by atoms with Gasteiger partial charge in [-0.15, -0.1) is 11.3 Å². The van der Waals surface area contributed by atoms with Crippen LogP contribution < -0.4 is 5.32 Å². The van der Waals surface area contributed by atoms with Gasteiger partial charge in [0, 0.05) is 5.69 Å². The average molecular weight is 241 g/mol. The number of thiazole rings is 1. The summed E-state index contributed by atoms with van der Waals surface area (Å²) in [5, 5.41) is 13.2. The normalized spacial score (nSPS) is 10.2. The third-order valence-electron chi connectivity index (χ3n) is 1.84. The van der Waals surface area contributed by atoms with Crippen LogP contribution in [0.15, 0.2) is 30.5 Å². The van der Waals surface area contributed by atoms with Gasteiger partial charge in [0.05, 0.1) is 12.7 Å². The Balaban J connectivity index is 1.96. The van der Waals surface area contributed by atoms with E-state index in [1.54, 1.807) is 18.3 Å². The number of nitrogens with one attached hydrogen (secondary N) is 1. The van der Waals surface area contributed by atoms with Gasteiger partial charge in [-0.25, -0.2) is 4.98 Å². The summed E-state index contributed by atoms with van der Waals surface area (Å²) >= 11 is 7.21. The maximum atomic E-state index is 9.09. The standard InChI is InChI=1S/C10H9ClN2OS/c11-9-5-13-10(15-9)6-12-7-1-3-8(14)4-2-7/h1-5,12,14H,6H2. The highest BCUT2D eigenvalue weighted by Crippen LogP contribution is 2.20. The van der Waals surface area contributed by atoms with Gasteiger partial charge in [-0.05, 0) is 24.3 Å². The molecule has 2 aromatic rings. The Morgan fingerprint density at radius 3 is 2.67 bits per heavy atom. The zero-order chi connectivity index (χ0) is 10.7. The minimum atomic E-state index is 0.262. The number of aromatic hydroxyl groups is 1. The first-order valence-electron chi connectivity index (χ1n) is 4.37. The number of nitrogens with zero attached hydrogens (tertiary/aromatic N) is 1. The Kier molecular flexibility index (Phi) is 3.08. The summed E-state index contributed by atoms with van der Waals surface area (Å²) in [4.78, 5) is 4.12. The van der Waals surface area contributed by atoms with Crippen LogP contribution in [0.1, 0.15) is 5.01 Å². The Morgan fingerprint density at radius 2 is 2.07 bits per heavy atom. The van der Waals surface area contributed by atoms with Crippen molar-refractivity contribution in [1.82, 2.24) is 4.98 Å². The summed E-state index contributed by atoms with van der Waals surface area (Å²) in [7, 11) is 0. The first kappa shape index (κ1) is 10.3. The fourth-order valence-corrected chi connectivity index (χ4v) is 2.02. The van der Waals surface area contributed by atoms with E-state index in [1.807, 2.05) is 12.1 Å². The number of aromatic nitrogens is 1. The van der Waals surface area contributed by atoms with Crippen molar-refractivity contribution >= 4 is 28.6 Å². The molecule has 0 aliphatic heterocycles. The van der Waals surface area contributed by atoms with Crippen LogP contribution in [0.2, 0.25) is 4.34 Å². The first-order valence-corrected chi connectivity index (χ1v) is 5.56. The minimum absolute atomic E-state index is 0.262. The zero-order valence-corrected chi connectivity index (χ0v) is 9.35. The molecule has 0 unspecified atom stereocenters. The van der Waals surface area contributed by atoms with E-state index in [4.69, 9.17) is 16.7 Å². The summed E-state index contributed by atoms with van der Waals surface area (Å²) < 4.78 is 0.692. The van der Waals surface area contributed by atoms with Crippen molar-refractivity contribution in [2.45, 2.75) is 6.54 Å². The predicted octanol–water partition coefficient (Wildman–Crippen LogP) is 3.11. The molecule has 0 spiro atoms. The monoisotopic (exact) mass is 240 g/mol. The predicted molar refractivity (Wildman–Crippen MR) is 62.6 cm³/mol. The van der Waals surface area contributed by atoms with Gasteiger partial charge in [-0.1, -0.05) is 11.6 Å². The van der Waals surface area contributed by atoms with Crippen LogP contribution in [-0.2, 0) is 6.54 Å². The zero-order valence-electron chi connectivity index (χ0n) is 7.77. The number of halogens is 1. The van der Waals surface area contributed by atoms with Crippen LogP contribution >= 0.6 is 22.9 Å². The summed E-state index contributed by atoms with van der Waals surface area (Å²) in [6, 6.07) is 6.89. The van der Waals surface area contributed by atoms with Gasteiger partial charge in [0.1, 0.15) is 15.1 Å². The molecule has 3 nitrogen and oxygen atoms in total. The highest BCUT2D eigenvalue weighted by atomic mass is 35.5. The number of anilines is 1. The summed E-state index contributed by atoms with van der Waals surface area (Å²) in [6.07, 6.45) is 1.64. The molecule has 15 heavy (non-hydrogen) atoms. The Hall–Kier alpha value is -1.26. The van der Waals surface area contributed by atoms with Crippen molar-refractivity contribution < 1.29 is 5.11 Å². The number of phenols is 1. The molecule has 0 amide bonds. The van der Waals surface area contributed by atoms with Gasteiger partial charge >= 0.3 is 0 Å². The molecule has 1 heterocycles. The van der Waals surface area contributed by atoms with Crippen LogP contribution in [0, 0.1) is 0 Å². The third kappa shape index (κ3) is 2.84. The summed E-state index contributed by atoms with van der Waals surface area (Å²) in [6.45, 7) is 0.641. The number of benzene rings is 1. The van der Waals surface area contributed by atoms with E-state index in [2.05, 4.69) is 10.3 Å². The molecule has 0 bridgehead atoms. The molecular weight excluding hydrogens is 232 g/mol. The van der Waals surface area contributed by atoms with Gasteiger partial charge in [-0.2, -0.15) is 0 Å². The largest absolute Gasteiger partial charge is 0.508 e. The van der Waals surface area contributed by atoms with Crippen LogP contribution in [0.25, 0.3) is 0 Å². The molecule has 1 aromatic carbocycles. The van der Waals surface area contributed by atoms with Crippen LogP contribution in [-0.4, -0.2) is 10.1 Å². The van der Waals surface area contributed by atoms with Crippen molar-refractivity contribution in [2.24, 2.45) is 0 Å². The van der Waals surface area contributed by atoms with Crippen LogP contribution in [0.3, 0.4) is 0 Å². The minimum Gasteiger partial charge on any atom is -0.508 e. The lowest BCUT2D eigenvalue weighted by molar-refractivity contribution is 0.475. The smallest absolute Gasteiger partial charge is 0.115 e. The average Bonchev–Trinajstić information content (AvgIpc) is 2.64. The molecule has 1 aromatic heterocycles. The van der Waals surface area contributed by atoms with Crippen molar-refractivity contribution in [3.05, 3.63) is 39.8 Å².